The number of carbonyl (C=O) groups excluding carboxylic acids is 2. The number of imidazole rings is 1. The third-order valence-electron chi connectivity index (χ3n) is 7.28. The molecule has 0 atom stereocenters. The number of pyridine rings is 1. The molecule has 3 aromatic heterocycles. The first kappa shape index (κ1) is 34.7. The van der Waals surface area contributed by atoms with Crippen LogP contribution in [0, 0.1) is 10.1 Å². The molecule has 15 nitrogen and oxygen atoms in total. The van der Waals surface area contributed by atoms with Crippen LogP contribution in [0.15, 0.2) is 73.2 Å². The molecule has 252 valence electrons. The minimum Gasteiger partial charge on any atom is -0.487 e. The maximum atomic E-state index is 12.8. The minimum atomic E-state index is -0.870. The number of hydrogen-bond acceptors (Lipinski definition) is 10. The van der Waals surface area contributed by atoms with Crippen molar-refractivity contribution in [3.63, 3.8) is 0 Å². The summed E-state index contributed by atoms with van der Waals surface area (Å²) in [6.45, 7) is 0.763. The van der Waals surface area contributed by atoms with Gasteiger partial charge in [0.1, 0.15) is 36.9 Å². The number of hydrogen-bond donors (Lipinski definition) is 3. The van der Waals surface area contributed by atoms with E-state index in [0.717, 1.165) is 5.56 Å². The van der Waals surface area contributed by atoms with Crippen LogP contribution < -0.4 is 21.1 Å². The van der Waals surface area contributed by atoms with E-state index in [4.69, 9.17) is 33.7 Å². The van der Waals surface area contributed by atoms with Gasteiger partial charge in [-0.3, -0.25) is 14.2 Å². The van der Waals surface area contributed by atoms with Gasteiger partial charge < -0.3 is 35.7 Å². The molecule has 5 aromatic rings. The SMILES string of the molecule is Cn1c(C(N)=O)nc([N+](=O)[O-])c1C[N+](C)(C)C/C=C/C(=O)Nc1cc2c(Nc3ccc(OCc4cccc(Cl)c4)c(Cl)c3)ncnc2cn1. The highest BCUT2D eigenvalue weighted by Crippen LogP contribution is 2.31. The lowest BCUT2D eigenvalue weighted by molar-refractivity contribution is -0.898. The first-order valence-electron chi connectivity index (χ1n) is 14.6. The number of nitrogens with one attached hydrogen (secondary N) is 2. The molecule has 0 aliphatic carbocycles. The first-order chi connectivity index (χ1) is 23.3. The van der Waals surface area contributed by atoms with Crippen molar-refractivity contribution in [1.29, 1.82) is 0 Å². The van der Waals surface area contributed by atoms with Gasteiger partial charge in [-0.2, -0.15) is 0 Å². The zero-order chi connectivity index (χ0) is 35.3. The molecule has 0 fully saturated rings. The van der Waals surface area contributed by atoms with Crippen molar-refractivity contribution in [1.82, 2.24) is 24.5 Å². The highest BCUT2D eigenvalue weighted by molar-refractivity contribution is 6.32. The molecule has 0 spiro atoms. The molecule has 0 radical (unpaired) electrons. The Bertz CT molecular complexity index is 2100. The lowest BCUT2D eigenvalue weighted by Gasteiger charge is -2.28. The first-order valence-corrected chi connectivity index (χ1v) is 15.4. The molecule has 2 amide bonds. The van der Waals surface area contributed by atoms with Crippen LogP contribution in [0.3, 0.4) is 0 Å². The zero-order valence-electron chi connectivity index (χ0n) is 26.6. The van der Waals surface area contributed by atoms with Crippen molar-refractivity contribution in [2.75, 3.05) is 31.3 Å². The van der Waals surface area contributed by atoms with E-state index in [1.807, 2.05) is 32.3 Å². The van der Waals surface area contributed by atoms with Gasteiger partial charge in [0.25, 0.3) is 0 Å². The van der Waals surface area contributed by atoms with Crippen molar-refractivity contribution in [3.8, 4) is 5.75 Å². The molecule has 0 aliphatic heterocycles. The van der Waals surface area contributed by atoms with Gasteiger partial charge in [-0.05, 0) is 57.9 Å². The van der Waals surface area contributed by atoms with E-state index in [1.54, 1.807) is 36.4 Å². The Hall–Kier alpha value is -5.64. The van der Waals surface area contributed by atoms with E-state index in [-0.39, 0.29) is 28.4 Å². The van der Waals surface area contributed by atoms with Crippen LogP contribution in [0.5, 0.6) is 5.75 Å². The van der Waals surface area contributed by atoms with E-state index >= 15 is 0 Å². The number of benzene rings is 2. The molecule has 49 heavy (non-hydrogen) atoms. The quantitative estimate of drug-likeness (QED) is 0.0637. The summed E-state index contributed by atoms with van der Waals surface area (Å²) in [5.41, 5.74) is 7.64. The van der Waals surface area contributed by atoms with Crippen LogP contribution in [0.1, 0.15) is 21.9 Å². The number of halogens is 2. The third-order valence-corrected chi connectivity index (χ3v) is 7.81. The summed E-state index contributed by atoms with van der Waals surface area (Å²) in [5, 5.41) is 19.1. The fourth-order valence-electron chi connectivity index (χ4n) is 4.89. The van der Waals surface area contributed by atoms with Gasteiger partial charge in [0.15, 0.2) is 5.69 Å². The number of carbonyl (C=O) groups is 2. The lowest BCUT2D eigenvalue weighted by Crippen LogP contribution is -2.39. The van der Waals surface area contributed by atoms with Crippen molar-refractivity contribution in [3.05, 3.63) is 110 Å². The second kappa shape index (κ2) is 14.6. The molecular weight excluding hydrogens is 675 g/mol. The molecule has 0 saturated carbocycles. The number of nitro groups is 1. The van der Waals surface area contributed by atoms with Crippen molar-refractivity contribution in [2.24, 2.45) is 12.8 Å². The molecule has 0 aliphatic rings. The molecule has 0 saturated heterocycles. The van der Waals surface area contributed by atoms with Crippen molar-refractivity contribution < 1.29 is 23.7 Å². The third kappa shape index (κ3) is 8.64. The number of rotatable bonds is 13. The number of fused-ring (bicyclic) bond motifs is 1. The molecule has 4 N–H and O–H groups in total. The number of aromatic nitrogens is 5. The molecule has 3 heterocycles. The van der Waals surface area contributed by atoms with Crippen molar-refractivity contribution >= 4 is 69.1 Å². The minimum absolute atomic E-state index is 0.144. The van der Waals surface area contributed by atoms with Crippen molar-refractivity contribution in [2.45, 2.75) is 13.2 Å². The Balaban J connectivity index is 1.23. The molecule has 17 heteroatoms. The van der Waals surface area contributed by atoms with E-state index in [2.05, 4.69) is 30.6 Å². The van der Waals surface area contributed by atoms with E-state index in [1.165, 1.54) is 30.2 Å². The number of nitrogens with two attached hydrogens (primary N) is 1. The second-order valence-corrected chi connectivity index (χ2v) is 12.4. The summed E-state index contributed by atoms with van der Waals surface area (Å²) < 4.78 is 7.39. The lowest BCUT2D eigenvalue weighted by atomic mass is 10.2. The average molecular weight is 707 g/mol. The van der Waals surface area contributed by atoms with Crippen LogP contribution in [-0.2, 0) is 25.0 Å². The maximum Gasteiger partial charge on any atom is 0.391 e. The van der Waals surface area contributed by atoms with E-state index in [0.29, 0.717) is 51.4 Å². The Kier molecular flexibility index (Phi) is 10.4. The summed E-state index contributed by atoms with van der Waals surface area (Å²) in [7, 11) is 5.13. The number of nitrogens with zero attached hydrogens (tertiary/aromatic N) is 7. The molecule has 0 bridgehead atoms. The van der Waals surface area contributed by atoms with Gasteiger partial charge in [0.2, 0.25) is 5.91 Å². The van der Waals surface area contributed by atoms with Gasteiger partial charge in [-0.25, -0.2) is 15.0 Å². The Labute approximate surface area is 290 Å². The molecule has 2 aromatic carbocycles. The van der Waals surface area contributed by atoms with Gasteiger partial charge in [-0.15, -0.1) is 0 Å². The van der Waals surface area contributed by atoms with Crippen LogP contribution >= 0.6 is 23.2 Å². The van der Waals surface area contributed by atoms with E-state index in [9.17, 15) is 19.7 Å². The summed E-state index contributed by atoms with van der Waals surface area (Å²) in [5.74, 6) is -0.735. The average Bonchev–Trinajstić information content (AvgIpc) is 3.36. The number of likely N-dealkylation sites (N-methyl/N-ethyl adjacent to an activating group) is 1. The Morgan fingerprint density at radius 3 is 2.63 bits per heavy atom. The molecular formula is C32H31Cl2N10O5+. The largest absolute Gasteiger partial charge is 0.487 e. The van der Waals surface area contributed by atoms with Gasteiger partial charge in [0, 0.05) is 29.2 Å². The van der Waals surface area contributed by atoms with E-state index < -0.39 is 22.6 Å². The maximum absolute atomic E-state index is 12.8. The molecule has 0 unspecified atom stereocenters. The van der Waals surface area contributed by atoms with Crippen LogP contribution in [-0.4, -0.2) is 66.4 Å². The number of ether oxygens (including phenoxy) is 1. The van der Waals surface area contributed by atoms with Gasteiger partial charge >= 0.3 is 17.5 Å². The second-order valence-electron chi connectivity index (χ2n) is 11.6. The Morgan fingerprint density at radius 1 is 1.12 bits per heavy atom. The monoisotopic (exact) mass is 705 g/mol. The number of primary amides is 1. The van der Waals surface area contributed by atoms with Crippen LogP contribution in [0.4, 0.5) is 23.1 Å². The zero-order valence-corrected chi connectivity index (χ0v) is 28.1. The predicted molar refractivity (Wildman–Crippen MR) is 185 cm³/mol. The Morgan fingerprint density at radius 2 is 1.92 bits per heavy atom. The number of amides is 2. The van der Waals surface area contributed by atoms with Crippen LogP contribution in [0.25, 0.3) is 10.9 Å². The standard InChI is InChI=1S/C32H30Cl2N10O5/c1-42-25(31(43(47)48)41-32(42)29(35)46)16-44(2,3)11-5-8-28(45)40-27-14-22-24(15-36-27)37-18-38-30(22)39-21-9-10-26(23(34)13-21)49-17-19-6-4-7-20(33)12-19/h4-10,12-15,18H,11,16-17H2,1-3H3,(H3-,35,36,37,38,39,40,41,45,46)/p+1/b8-5+. The predicted octanol–water partition coefficient (Wildman–Crippen LogP) is 5.17. The van der Waals surface area contributed by atoms with Gasteiger partial charge in [-0.1, -0.05) is 35.3 Å². The summed E-state index contributed by atoms with van der Waals surface area (Å²) in [4.78, 5) is 52.1. The fourth-order valence-corrected chi connectivity index (χ4v) is 5.34. The molecule has 5 rings (SSSR count). The topological polar surface area (TPSA) is 193 Å². The highest BCUT2D eigenvalue weighted by atomic mass is 35.5. The number of anilines is 3. The normalized spacial score (nSPS) is 11.5. The number of quaternary nitrogens is 1. The summed E-state index contributed by atoms with van der Waals surface area (Å²) in [6.07, 6.45) is 5.89. The smallest absolute Gasteiger partial charge is 0.391 e. The summed E-state index contributed by atoms with van der Waals surface area (Å²) in [6, 6.07) is 14.3. The summed E-state index contributed by atoms with van der Waals surface area (Å²) >= 11 is 12.6. The fraction of sp³-hybridized carbons (Fsp3) is 0.188. The van der Waals surface area contributed by atoms with Gasteiger partial charge in [0.05, 0.1) is 37.4 Å². The highest BCUT2D eigenvalue weighted by Gasteiger charge is 2.32. The van der Waals surface area contributed by atoms with Crippen LogP contribution in [0.2, 0.25) is 10.0 Å².